The van der Waals surface area contributed by atoms with Gasteiger partial charge in [0.15, 0.2) is 0 Å². The van der Waals surface area contributed by atoms with Gasteiger partial charge in [-0.1, -0.05) is 6.92 Å². The number of hydrogen-bond acceptors (Lipinski definition) is 2. The molecule has 3 nitrogen and oxygen atoms in total. The monoisotopic (exact) mass is 153 g/mol. The molecular formula is C8H15N3. The van der Waals surface area contributed by atoms with E-state index in [0.29, 0.717) is 0 Å². The molecule has 0 amide bonds. The molecule has 1 aromatic heterocycles. The Labute approximate surface area is 67.2 Å². The predicted octanol–water partition coefficient (Wildman–Crippen LogP) is 1.85. The molecule has 0 aliphatic rings. The molecule has 0 radical (unpaired) electrons. The SMILES string of the molecule is CCCNc1nc(C)c(C)[nH]1. The average Bonchev–Trinajstić information content (AvgIpc) is 2.28. The van der Waals surface area contributed by atoms with Crippen LogP contribution in [0, 0.1) is 13.8 Å². The van der Waals surface area contributed by atoms with Crippen LogP contribution in [0.4, 0.5) is 5.95 Å². The second-order valence-corrected chi connectivity index (χ2v) is 2.72. The zero-order chi connectivity index (χ0) is 8.27. The number of imidazole rings is 1. The molecule has 0 atom stereocenters. The van der Waals surface area contributed by atoms with Gasteiger partial charge >= 0.3 is 0 Å². The zero-order valence-corrected chi connectivity index (χ0v) is 7.36. The molecule has 2 N–H and O–H groups in total. The molecule has 0 unspecified atom stereocenters. The predicted molar refractivity (Wildman–Crippen MR) is 46.8 cm³/mol. The third-order valence-electron chi connectivity index (χ3n) is 1.67. The van der Waals surface area contributed by atoms with Crippen LogP contribution in [0.5, 0.6) is 0 Å². The van der Waals surface area contributed by atoms with E-state index in [0.717, 1.165) is 30.3 Å². The molecule has 0 aliphatic heterocycles. The molecule has 1 rings (SSSR count). The van der Waals surface area contributed by atoms with E-state index >= 15 is 0 Å². The van der Waals surface area contributed by atoms with Gasteiger partial charge < -0.3 is 10.3 Å². The highest BCUT2D eigenvalue weighted by Crippen LogP contribution is 2.06. The standard InChI is InChI=1S/C8H15N3/c1-4-5-9-8-10-6(2)7(3)11-8/h4-5H2,1-3H3,(H2,9,10,11). The first kappa shape index (κ1) is 8.11. The van der Waals surface area contributed by atoms with Gasteiger partial charge in [0, 0.05) is 12.2 Å². The van der Waals surface area contributed by atoms with Crippen molar-refractivity contribution in [2.45, 2.75) is 27.2 Å². The Bertz CT molecular complexity index is 208. The zero-order valence-electron chi connectivity index (χ0n) is 7.36. The van der Waals surface area contributed by atoms with Crippen LogP contribution in [0.15, 0.2) is 0 Å². The Balaban J connectivity index is 2.58. The van der Waals surface area contributed by atoms with Gasteiger partial charge in [-0.2, -0.15) is 0 Å². The number of anilines is 1. The largest absolute Gasteiger partial charge is 0.356 e. The van der Waals surface area contributed by atoms with Crippen LogP contribution in [0.2, 0.25) is 0 Å². The third-order valence-corrected chi connectivity index (χ3v) is 1.67. The lowest BCUT2D eigenvalue weighted by molar-refractivity contribution is 0.960. The topological polar surface area (TPSA) is 40.7 Å². The summed E-state index contributed by atoms with van der Waals surface area (Å²) in [4.78, 5) is 7.44. The maximum atomic E-state index is 4.28. The van der Waals surface area contributed by atoms with Crippen molar-refractivity contribution < 1.29 is 0 Å². The molecular weight excluding hydrogens is 138 g/mol. The van der Waals surface area contributed by atoms with Crippen molar-refractivity contribution in [2.75, 3.05) is 11.9 Å². The average molecular weight is 153 g/mol. The van der Waals surface area contributed by atoms with Crippen molar-refractivity contribution in [3.8, 4) is 0 Å². The quantitative estimate of drug-likeness (QED) is 0.695. The van der Waals surface area contributed by atoms with Crippen molar-refractivity contribution in [3.05, 3.63) is 11.4 Å². The molecule has 3 heteroatoms. The third kappa shape index (κ3) is 1.97. The maximum Gasteiger partial charge on any atom is 0.200 e. The van der Waals surface area contributed by atoms with Gasteiger partial charge in [0.25, 0.3) is 0 Å². The summed E-state index contributed by atoms with van der Waals surface area (Å²) in [6.07, 6.45) is 1.12. The molecule has 0 spiro atoms. The van der Waals surface area contributed by atoms with Crippen LogP contribution in [-0.2, 0) is 0 Å². The van der Waals surface area contributed by atoms with Crippen LogP contribution < -0.4 is 5.32 Å². The maximum absolute atomic E-state index is 4.28. The van der Waals surface area contributed by atoms with Crippen LogP contribution in [0.25, 0.3) is 0 Å². The number of aryl methyl sites for hydroxylation is 2. The first-order chi connectivity index (χ1) is 5.24. The smallest absolute Gasteiger partial charge is 0.200 e. The molecule has 1 aromatic rings. The minimum Gasteiger partial charge on any atom is -0.356 e. The number of nitrogens with zero attached hydrogens (tertiary/aromatic N) is 1. The Morgan fingerprint density at radius 2 is 2.18 bits per heavy atom. The second-order valence-electron chi connectivity index (χ2n) is 2.72. The summed E-state index contributed by atoms with van der Waals surface area (Å²) in [5.41, 5.74) is 2.22. The van der Waals surface area contributed by atoms with E-state index in [4.69, 9.17) is 0 Å². The summed E-state index contributed by atoms with van der Waals surface area (Å²) in [5, 5.41) is 3.19. The van der Waals surface area contributed by atoms with Crippen LogP contribution in [0.1, 0.15) is 24.7 Å². The lowest BCUT2D eigenvalue weighted by Crippen LogP contribution is -2.00. The van der Waals surface area contributed by atoms with Crippen molar-refractivity contribution in [1.29, 1.82) is 0 Å². The Hall–Kier alpha value is -0.990. The van der Waals surface area contributed by atoms with Crippen LogP contribution in [0.3, 0.4) is 0 Å². The Morgan fingerprint density at radius 1 is 1.45 bits per heavy atom. The number of H-pyrrole nitrogens is 1. The lowest BCUT2D eigenvalue weighted by atomic mass is 10.4. The van der Waals surface area contributed by atoms with E-state index in [2.05, 4.69) is 22.2 Å². The van der Waals surface area contributed by atoms with Gasteiger partial charge in [-0.15, -0.1) is 0 Å². The van der Waals surface area contributed by atoms with E-state index < -0.39 is 0 Å². The minimum absolute atomic E-state index is 0.891. The molecule has 62 valence electrons. The summed E-state index contributed by atoms with van der Waals surface area (Å²) in [6, 6.07) is 0. The van der Waals surface area contributed by atoms with Gasteiger partial charge in [0.2, 0.25) is 5.95 Å². The van der Waals surface area contributed by atoms with E-state index in [-0.39, 0.29) is 0 Å². The fraction of sp³-hybridized carbons (Fsp3) is 0.625. The van der Waals surface area contributed by atoms with Crippen molar-refractivity contribution in [1.82, 2.24) is 9.97 Å². The van der Waals surface area contributed by atoms with Crippen molar-refractivity contribution >= 4 is 5.95 Å². The summed E-state index contributed by atoms with van der Waals surface area (Å²) < 4.78 is 0. The number of aromatic amines is 1. The first-order valence-electron chi connectivity index (χ1n) is 4.01. The highest BCUT2D eigenvalue weighted by molar-refractivity contribution is 5.29. The highest BCUT2D eigenvalue weighted by Gasteiger charge is 1.99. The van der Waals surface area contributed by atoms with E-state index in [9.17, 15) is 0 Å². The molecule has 0 saturated heterocycles. The molecule has 0 aromatic carbocycles. The number of hydrogen-bond donors (Lipinski definition) is 2. The molecule has 0 aliphatic carbocycles. The van der Waals surface area contributed by atoms with Gasteiger partial charge in [-0.3, -0.25) is 0 Å². The number of nitrogens with one attached hydrogen (secondary N) is 2. The fourth-order valence-corrected chi connectivity index (χ4v) is 0.875. The molecule has 0 saturated carbocycles. The van der Waals surface area contributed by atoms with Gasteiger partial charge in [0.1, 0.15) is 0 Å². The highest BCUT2D eigenvalue weighted by atomic mass is 15.1. The van der Waals surface area contributed by atoms with Gasteiger partial charge in [-0.25, -0.2) is 4.98 Å². The molecule has 0 fully saturated rings. The Morgan fingerprint density at radius 3 is 2.64 bits per heavy atom. The normalized spacial score (nSPS) is 10.1. The van der Waals surface area contributed by atoms with Gasteiger partial charge in [0.05, 0.1) is 5.69 Å². The van der Waals surface area contributed by atoms with Crippen LogP contribution in [-0.4, -0.2) is 16.5 Å². The molecule has 1 heterocycles. The number of aromatic nitrogens is 2. The van der Waals surface area contributed by atoms with E-state index in [1.807, 2.05) is 13.8 Å². The van der Waals surface area contributed by atoms with Crippen molar-refractivity contribution in [2.24, 2.45) is 0 Å². The first-order valence-corrected chi connectivity index (χ1v) is 4.01. The lowest BCUT2D eigenvalue weighted by Gasteiger charge is -1.97. The summed E-state index contributed by atoms with van der Waals surface area (Å²) in [5.74, 6) is 0.891. The summed E-state index contributed by atoms with van der Waals surface area (Å²) in [6.45, 7) is 7.14. The fourth-order valence-electron chi connectivity index (χ4n) is 0.875. The second kappa shape index (κ2) is 3.42. The van der Waals surface area contributed by atoms with E-state index in [1.165, 1.54) is 0 Å². The van der Waals surface area contributed by atoms with E-state index in [1.54, 1.807) is 0 Å². The summed E-state index contributed by atoms with van der Waals surface area (Å²) in [7, 11) is 0. The van der Waals surface area contributed by atoms with Crippen molar-refractivity contribution in [3.63, 3.8) is 0 Å². The summed E-state index contributed by atoms with van der Waals surface area (Å²) >= 11 is 0. The minimum atomic E-state index is 0.891. The number of rotatable bonds is 3. The molecule has 0 bridgehead atoms. The van der Waals surface area contributed by atoms with Crippen LogP contribution >= 0.6 is 0 Å². The Kier molecular flexibility index (Phi) is 2.52. The molecule has 11 heavy (non-hydrogen) atoms. The van der Waals surface area contributed by atoms with Gasteiger partial charge in [-0.05, 0) is 20.3 Å².